The average Bonchev–Trinajstić information content (AvgIpc) is 2.75. The number of rotatable bonds is 4. The Morgan fingerprint density at radius 1 is 0.906 bits per heavy atom. The van der Waals surface area contributed by atoms with Gasteiger partial charge in [-0.2, -0.15) is 13.2 Å². The van der Waals surface area contributed by atoms with E-state index in [0.717, 1.165) is 17.8 Å². The third-order valence-electron chi connectivity index (χ3n) is 4.47. The summed E-state index contributed by atoms with van der Waals surface area (Å²) < 4.78 is 38.6. The molecule has 0 saturated carbocycles. The number of fused-ring (bicyclic) bond motifs is 1. The fourth-order valence-electron chi connectivity index (χ4n) is 2.95. The molecule has 32 heavy (non-hydrogen) atoms. The number of benzene rings is 2. The molecule has 0 atom stereocenters. The van der Waals surface area contributed by atoms with Gasteiger partial charge in [-0.1, -0.05) is 24.3 Å². The Morgan fingerprint density at radius 3 is 2.41 bits per heavy atom. The summed E-state index contributed by atoms with van der Waals surface area (Å²) in [6.07, 6.45) is -2.96. The van der Waals surface area contributed by atoms with Crippen molar-refractivity contribution in [1.82, 2.24) is 15.0 Å². The van der Waals surface area contributed by atoms with E-state index in [1.54, 1.807) is 19.2 Å². The molecule has 4 rings (SSSR count). The molecule has 2 aromatic heterocycles. The zero-order chi connectivity index (χ0) is 22.7. The highest BCUT2D eigenvalue weighted by molar-refractivity contribution is 6.01. The monoisotopic (exact) mass is 438 g/mol. The van der Waals surface area contributed by atoms with Crippen LogP contribution in [-0.4, -0.2) is 21.0 Å². The number of nitrogens with one attached hydrogen (secondary N) is 3. The van der Waals surface area contributed by atoms with Gasteiger partial charge in [0.15, 0.2) is 11.5 Å². The first-order valence-electron chi connectivity index (χ1n) is 9.50. The van der Waals surface area contributed by atoms with Gasteiger partial charge < -0.3 is 16.0 Å². The zero-order valence-electron chi connectivity index (χ0n) is 16.7. The molecule has 0 bridgehead atoms. The van der Waals surface area contributed by atoms with Crippen molar-refractivity contribution >= 4 is 40.1 Å². The molecule has 0 radical (unpaired) electrons. The lowest BCUT2D eigenvalue weighted by molar-refractivity contribution is -0.137. The summed E-state index contributed by atoms with van der Waals surface area (Å²) in [5, 5.41) is 8.11. The molecule has 0 saturated heterocycles. The van der Waals surface area contributed by atoms with E-state index in [2.05, 4.69) is 30.9 Å². The highest BCUT2D eigenvalue weighted by Gasteiger charge is 2.30. The third kappa shape index (κ3) is 4.91. The van der Waals surface area contributed by atoms with Crippen molar-refractivity contribution in [3.05, 3.63) is 78.1 Å². The third-order valence-corrected chi connectivity index (χ3v) is 4.47. The molecular weight excluding hydrogens is 421 g/mol. The lowest BCUT2D eigenvalue weighted by Gasteiger charge is -2.12. The van der Waals surface area contributed by atoms with Crippen LogP contribution in [0.15, 0.2) is 66.9 Å². The molecule has 4 aromatic rings. The molecule has 0 spiro atoms. The maximum Gasteiger partial charge on any atom is 0.416 e. The summed E-state index contributed by atoms with van der Waals surface area (Å²) in [5.74, 6) is 0.513. The van der Waals surface area contributed by atoms with Crippen LogP contribution in [0.2, 0.25) is 0 Å². The smallest absolute Gasteiger partial charge is 0.339 e. The number of nitrogens with zero attached hydrogens (tertiary/aromatic N) is 3. The molecule has 3 N–H and O–H groups in total. The van der Waals surface area contributed by atoms with Crippen LogP contribution in [0.4, 0.5) is 40.8 Å². The largest absolute Gasteiger partial charge is 0.416 e. The Bertz CT molecular complexity index is 1280. The number of urea groups is 1. The Morgan fingerprint density at radius 2 is 1.66 bits per heavy atom. The molecule has 0 aliphatic rings. The molecular formula is C22H17F3N6O. The molecule has 2 aromatic carbocycles. The van der Waals surface area contributed by atoms with Crippen LogP contribution < -0.4 is 16.0 Å². The number of pyridine rings is 1. The van der Waals surface area contributed by atoms with Crippen LogP contribution >= 0.6 is 0 Å². The summed E-state index contributed by atoms with van der Waals surface area (Å²) in [7, 11) is 0. The van der Waals surface area contributed by atoms with Crippen molar-refractivity contribution in [2.45, 2.75) is 13.1 Å². The number of amides is 2. The van der Waals surface area contributed by atoms with Crippen LogP contribution in [0.3, 0.4) is 0 Å². The van der Waals surface area contributed by atoms with Crippen molar-refractivity contribution in [2.75, 3.05) is 16.0 Å². The Hall–Kier alpha value is -4.21. The molecule has 0 unspecified atom stereocenters. The molecule has 0 aliphatic carbocycles. The number of carbonyl (C=O) groups excluding carboxylic acids is 1. The van der Waals surface area contributed by atoms with Gasteiger partial charge in [-0.15, -0.1) is 0 Å². The van der Waals surface area contributed by atoms with E-state index in [-0.39, 0.29) is 5.69 Å². The van der Waals surface area contributed by atoms with Crippen LogP contribution in [0.5, 0.6) is 0 Å². The van der Waals surface area contributed by atoms with Crippen LogP contribution in [0.25, 0.3) is 11.2 Å². The highest BCUT2D eigenvalue weighted by atomic mass is 19.4. The quantitative estimate of drug-likeness (QED) is 0.378. The predicted molar refractivity (Wildman–Crippen MR) is 116 cm³/mol. The fraction of sp³-hybridized carbons (Fsp3) is 0.0909. The number of hydrogen-bond acceptors (Lipinski definition) is 5. The van der Waals surface area contributed by atoms with E-state index in [9.17, 15) is 18.0 Å². The first-order valence-corrected chi connectivity index (χ1v) is 9.50. The van der Waals surface area contributed by atoms with Crippen LogP contribution in [0.1, 0.15) is 11.3 Å². The molecule has 2 heterocycles. The van der Waals surface area contributed by atoms with Crippen molar-refractivity contribution in [2.24, 2.45) is 0 Å². The number of hydrogen-bond donors (Lipinski definition) is 3. The number of anilines is 4. The second-order valence-electron chi connectivity index (χ2n) is 6.87. The van der Waals surface area contributed by atoms with Crippen molar-refractivity contribution in [1.29, 1.82) is 0 Å². The Kier molecular flexibility index (Phi) is 5.59. The molecule has 2 amide bonds. The van der Waals surface area contributed by atoms with Crippen LogP contribution in [-0.2, 0) is 6.18 Å². The van der Waals surface area contributed by atoms with E-state index in [0.29, 0.717) is 28.4 Å². The number of alkyl halides is 3. The van der Waals surface area contributed by atoms with Gasteiger partial charge in [0.1, 0.15) is 5.52 Å². The summed E-state index contributed by atoms with van der Waals surface area (Å²) in [6.45, 7) is 1.68. The average molecular weight is 438 g/mol. The summed E-state index contributed by atoms with van der Waals surface area (Å²) >= 11 is 0. The number of aryl methyl sites for hydroxylation is 1. The molecule has 162 valence electrons. The first kappa shape index (κ1) is 21.0. The van der Waals surface area contributed by atoms with Gasteiger partial charge in [-0.05, 0) is 43.3 Å². The van der Waals surface area contributed by atoms with Gasteiger partial charge in [-0.3, -0.25) is 0 Å². The molecule has 7 nitrogen and oxygen atoms in total. The lowest BCUT2D eigenvalue weighted by atomic mass is 10.2. The maximum absolute atomic E-state index is 12.9. The van der Waals surface area contributed by atoms with Gasteiger partial charge in [0.05, 0.1) is 23.1 Å². The van der Waals surface area contributed by atoms with E-state index >= 15 is 0 Å². The topological polar surface area (TPSA) is 91.8 Å². The highest BCUT2D eigenvalue weighted by Crippen LogP contribution is 2.30. The molecule has 0 aliphatic heterocycles. The van der Waals surface area contributed by atoms with E-state index < -0.39 is 17.8 Å². The van der Waals surface area contributed by atoms with Gasteiger partial charge >= 0.3 is 12.2 Å². The molecule has 0 fully saturated rings. The number of aromatic nitrogens is 3. The van der Waals surface area contributed by atoms with E-state index in [1.807, 2.05) is 30.3 Å². The SMILES string of the molecule is Cc1nc2nc(Nc3ccccc3)cnc2cc1NC(=O)Nc1cccc(C(F)(F)F)c1. The predicted octanol–water partition coefficient (Wildman–Crippen LogP) is 5.74. The van der Waals surface area contributed by atoms with Crippen LogP contribution in [0, 0.1) is 6.92 Å². The number of para-hydroxylation sites is 1. The Labute approximate surface area is 180 Å². The first-order chi connectivity index (χ1) is 15.3. The van der Waals surface area contributed by atoms with Gasteiger partial charge in [0.2, 0.25) is 0 Å². The second kappa shape index (κ2) is 8.50. The van der Waals surface area contributed by atoms with Crippen molar-refractivity contribution < 1.29 is 18.0 Å². The minimum Gasteiger partial charge on any atom is -0.339 e. The minimum atomic E-state index is -4.50. The zero-order valence-corrected chi connectivity index (χ0v) is 16.7. The second-order valence-corrected chi connectivity index (χ2v) is 6.87. The number of carbonyl (C=O) groups is 1. The molecule has 10 heteroatoms. The van der Waals surface area contributed by atoms with Gasteiger partial charge in [0, 0.05) is 11.4 Å². The minimum absolute atomic E-state index is 0.0140. The van der Waals surface area contributed by atoms with Crippen molar-refractivity contribution in [3.63, 3.8) is 0 Å². The lowest BCUT2D eigenvalue weighted by Crippen LogP contribution is -2.20. The number of halogens is 3. The Balaban J connectivity index is 1.50. The normalized spacial score (nSPS) is 11.2. The van der Waals surface area contributed by atoms with E-state index in [4.69, 9.17) is 0 Å². The summed E-state index contributed by atoms with van der Waals surface area (Å²) in [4.78, 5) is 25.4. The van der Waals surface area contributed by atoms with E-state index in [1.165, 1.54) is 12.1 Å². The fourth-order valence-corrected chi connectivity index (χ4v) is 2.95. The summed E-state index contributed by atoms with van der Waals surface area (Å²) in [6, 6.07) is 14.7. The summed E-state index contributed by atoms with van der Waals surface area (Å²) in [5.41, 5.74) is 1.68. The standard InChI is InChI=1S/C22H17F3N6O/c1-13-17(30-21(32)29-16-9-5-6-14(10-16)22(23,24)25)11-18-20(27-13)31-19(12-26-18)28-15-7-3-2-4-8-15/h2-12H,1H3,(H,27,28,31)(H2,29,30,32). The van der Waals surface area contributed by atoms with Crippen molar-refractivity contribution in [3.8, 4) is 0 Å². The van der Waals surface area contributed by atoms with Gasteiger partial charge in [-0.25, -0.2) is 19.7 Å². The van der Waals surface area contributed by atoms with Gasteiger partial charge in [0.25, 0.3) is 0 Å². The maximum atomic E-state index is 12.9.